The van der Waals surface area contributed by atoms with Gasteiger partial charge in [0.1, 0.15) is 18.1 Å². The van der Waals surface area contributed by atoms with Crippen molar-refractivity contribution in [3.8, 4) is 11.5 Å². The summed E-state index contributed by atoms with van der Waals surface area (Å²) in [5, 5.41) is 0.762. The Morgan fingerprint density at radius 1 is 1.03 bits per heavy atom. The molecule has 1 unspecified atom stereocenters. The molecular formula is C26H27ClN2O2. The van der Waals surface area contributed by atoms with E-state index in [1.54, 1.807) is 7.11 Å². The number of methoxy groups -OCH3 is 1. The van der Waals surface area contributed by atoms with Crippen molar-refractivity contribution < 1.29 is 9.47 Å². The summed E-state index contributed by atoms with van der Waals surface area (Å²) in [6.07, 6.45) is 2.15. The monoisotopic (exact) mass is 434 g/mol. The standard InChI is InChI=1S/C26H27ClN2O2/c1-30-23-10-6-19(7-11-23)12-14-28-15-13-22(17-28)29-24-4-2-3-5-26(24)31-18-20-8-9-21(27)16-25(20)29/h2-11,16,22H,12-15,17-18H2,1H3. The van der Waals surface area contributed by atoms with Crippen LogP contribution in [0.4, 0.5) is 11.4 Å². The number of benzene rings is 3. The number of fused-ring (bicyclic) bond motifs is 2. The average molecular weight is 435 g/mol. The van der Waals surface area contributed by atoms with Gasteiger partial charge >= 0.3 is 0 Å². The highest BCUT2D eigenvalue weighted by Crippen LogP contribution is 2.43. The van der Waals surface area contributed by atoms with E-state index in [2.05, 4.69) is 52.3 Å². The van der Waals surface area contributed by atoms with Gasteiger partial charge < -0.3 is 19.3 Å². The topological polar surface area (TPSA) is 24.9 Å². The molecule has 0 aromatic heterocycles. The molecule has 2 heterocycles. The maximum Gasteiger partial charge on any atom is 0.143 e. The zero-order valence-corrected chi connectivity index (χ0v) is 18.5. The summed E-state index contributed by atoms with van der Waals surface area (Å²) in [5.41, 5.74) is 4.82. The summed E-state index contributed by atoms with van der Waals surface area (Å²) in [5.74, 6) is 1.84. The zero-order chi connectivity index (χ0) is 21.2. The summed E-state index contributed by atoms with van der Waals surface area (Å²) < 4.78 is 11.4. The van der Waals surface area contributed by atoms with E-state index in [9.17, 15) is 0 Å². The third-order valence-corrected chi connectivity index (χ3v) is 6.54. The molecule has 3 aromatic carbocycles. The van der Waals surface area contributed by atoms with Gasteiger partial charge in [0.25, 0.3) is 0 Å². The quantitative estimate of drug-likeness (QED) is 0.514. The predicted molar refractivity (Wildman–Crippen MR) is 126 cm³/mol. The van der Waals surface area contributed by atoms with Crippen LogP contribution in [-0.4, -0.2) is 37.7 Å². The Kier molecular flexibility index (Phi) is 5.75. The van der Waals surface area contributed by atoms with Gasteiger partial charge in [-0.2, -0.15) is 0 Å². The first-order valence-corrected chi connectivity index (χ1v) is 11.2. The molecule has 3 aromatic rings. The number of anilines is 2. The lowest BCUT2D eigenvalue weighted by Gasteiger charge is -2.32. The van der Waals surface area contributed by atoms with Crippen LogP contribution in [0, 0.1) is 0 Å². The van der Waals surface area contributed by atoms with Gasteiger partial charge in [0.2, 0.25) is 0 Å². The summed E-state index contributed by atoms with van der Waals surface area (Å²) in [6.45, 7) is 3.73. The zero-order valence-electron chi connectivity index (χ0n) is 17.8. The molecule has 1 fully saturated rings. The summed E-state index contributed by atoms with van der Waals surface area (Å²) in [6, 6.07) is 23.3. The van der Waals surface area contributed by atoms with E-state index >= 15 is 0 Å². The van der Waals surface area contributed by atoms with Crippen molar-refractivity contribution in [2.24, 2.45) is 0 Å². The number of nitrogens with zero attached hydrogens (tertiary/aromatic N) is 2. The molecule has 2 aliphatic rings. The molecule has 0 amide bonds. The first-order chi connectivity index (χ1) is 15.2. The van der Waals surface area contributed by atoms with Gasteiger partial charge in [0, 0.05) is 41.9 Å². The minimum absolute atomic E-state index is 0.385. The molecule has 1 saturated heterocycles. The Labute approximate surface area is 189 Å². The lowest BCUT2D eigenvalue weighted by Crippen LogP contribution is -2.35. The first kappa shape index (κ1) is 20.2. The fourth-order valence-corrected chi connectivity index (χ4v) is 4.81. The van der Waals surface area contributed by atoms with Crippen LogP contribution in [0.25, 0.3) is 0 Å². The minimum atomic E-state index is 0.385. The van der Waals surface area contributed by atoms with Crippen molar-refractivity contribution >= 4 is 23.0 Å². The highest BCUT2D eigenvalue weighted by atomic mass is 35.5. The van der Waals surface area contributed by atoms with Crippen molar-refractivity contribution in [3.05, 3.63) is 82.9 Å². The molecule has 4 nitrogen and oxygen atoms in total. The van der Waals surface area contributed by atoms with Gasteiger partial charge in [0.15, 0.2) is 0 Å². The third kappa shape index (κ3) is 4.23. The van der Waals surface area contributed by atoms with Crippen molar-refractivity contribution in [2.45, 2.75) is 25.5 Å². The summed E-state index contributed by atoms with van der Waals surface area (Å²) in [4.78, 5) is 5.02. The number of para-hydroxylation sites is 2. The molecule has 0 N–H and O–H groups in total. The second-order valence-corrected chi connectivity index (χ2v) is 8.68. The Bertz CT molecular complexity index is 1050. The number of hydrogen-bond donors (Lipinski definition) is 0. The van der Waals surface area contributed by atoms with E-state index in [-0.39, 0.29) is 0 Å². The molecule has 1 atom stereocenters. The second kappa shape index (κ2) is 8.81. The van der Waals surface area contributed by atoms with E-state index < -0.39 is 0 Å². The van der Waals surface area contributed by atoms with Crippen LogP contribution in [0.15, 0.2) is 66.7 Å². The van der Waals surface area contributed by atoms with Crippen LogP contribution in [0.2, 0.25) is 5.02 Å². The van der Waals surface area contributed by atoms with Crippen LogP contribution >= 0.6 is 11.6 Å². The highest BCUT2D eigenvalue weighted by molar-refractivity contribution is 6.30. The second-order valence-electron chi connectivity index (χ2n) is 8.24. The number of halogens is 1. The molecule has 160 valence electrons. The molecule has 31 heavy (non-hydrogen) atoms. The minimum Gasteiger partial charge on any atom is -0.497 e. The number of hydrogen-bond acceptors (Lipinski definition) is 4. The van der Waals surface area contributed by atoms with E-state index in [4.69, 9.17) is 21.1 Å². The van der Waals surface area contributed by atoms with Gasteiger partial charge in [-0.25, -0.2) is 0 Å². The Morgan fingerprint density at radius 2 is 1.87 bits per heavy atom. The van der Waals surface area contributed by atoms with Crippen LogP contribution < -0.4 is 14.4 Å². The van der Waals surface area contributed by atoms with E-state index in [0.717, 1.165) is 54.7 Å². The van der Waals surface area contributed by atoms with Gasteiger partial charge in [-0.3, -0.25) is 0 Å². The van der Waals surface area contributed by atoms with E-state index in [0.29, 0.717) is 12.6 Å². The normalized spacial score (nSPS) is 18.1. The maximum atomic E-state index is 6.41. The van der Waals surface area contributed by atoms with Crippen molar-refractivity contribution in [1.29, 1.82) is 0 Å². The molecule has 2 aliphatic heterocycles. The molecule has 5 heteroatoms. The fraction of sp³-hybridized carbons (Fsp3) is 0.308. The van der Waals surface area contributed by atoms with Crippen LogP contribution in [0.3, 0.4) is 0 Å². The van der Waals surface area contributed by atoms with E-state index in [1.165, 1.54) is 16.8 Å². The first-order valence-electron chi connectivity index (χ1n) is 10.9. The maximum absolute atomic E-state index is 6.41. The molecular weight excluding hydrogens is 408 g/mol. The molecule has 5 rings (SSSR count). The van der Waals surface area contributed by atoms with Gasteiger partial charge in [-0.05, 0) is 54.8 Å². The average Bonchev–Trinajstić information content (AvgIpc) is 3.20. The van der Waals surface area contributed by atoms with Gasteiger partial charge in [-0.1, -0.05) is 41.9 Å². The fourth-order valence-electron chi connectivity index (χ4n) is 4.65. The van der Waals surface area contributed by atoms with Crippen molar-refractivity contribution in [3.63, 3.8) is 0 Å². The number of rotatable bonds is 5. The highest BCUT2D eigenvalue weighted by Gasteiger charge is 2.32. The summed E-state index contributed by atoms with van der Waals surface area (Å²) >= 11 is 6.41. The van der Waals surface area contributed by atoms with Crippen LogP contribution in [0.1, 0.15) is 17.5 Å². The Morgan fingerprint density at radius 3 is 2.71 bits per heavy atom. The van der Waals surface area contributed by atoms with E-state index in [1.807, 2.05) is 24.3 Å². The number of likely N-dealkylation sites (tertiary alicyclic amines) is 1. The van der Waals surface area contributed by atoms with Crippen molar-refractivity contribution in [2.75, 3.05) is 31.6 Å². The molecule has 0 bridgehead atoms. The molecule has 0 saturated carbocycles. The Hall–Kier alpha value is -2.69. The number of ether oxygens (including phenoxy) is 2. The van der Waals surface area contributed by atoms with Gasteiger partial charge in [0.05, 0.1) is 12.8 Å². The summed E-state index contributed by atoms with van der Waals surface area (Å²) in [7, 11) is 1.71. The van der Waals surface area contributed by atoms with Gasteiger partial charge in [-0.15, -0.1) is 0 Å². The Balaban J connectivity index is 1.35. The SMILES string of the molecule is COc1ccc(CCN2CCC(N3c4cc(Cl)ccc4COc4ccccc43)C2)cc1. The molecule has 0 spiro atoms. The van der Waals surface area contributed by atoms with Crippen molar-refractivity contribution in [1.82, 2.24) is 4.90 Å². The predicted octanol–water partition coefficient (Wildman–Crippen LogP) is 5.70. The molecule has 0 aliphatic carbocycles. The lowest BCUT2D eigenvalue weighted by molar-refractivity contribution is 0.310. The molecule has 0 radical (unpaired) electrons. The largest absolute Gasteiger partial charge is 0.497 e. The lowest BCUT2D eigenvalue weighted by atomic mass is 10.1. The van der Waals surface area contributed by atoms with Crippen LogP contribution in [0.5, 0.6) is 11.5 Å². The third-order valence-electron chi connectivity index (χ3n) is 6.30. The smallest absolute Gasteiger partial charge is 0.143 e. The van der Waals surface area contributed by atoms with Crippen LogP contribution in [-0.2, 0) is 13.0 Å².